The van der Waals surface area contributed by atoms with Gasteiger partial charge < -0.3 is 9.84 Å². The van der Waals surface area contributed by atoms with Crippen molar-refractivity contribution in [3.05, 3.63) is 76.0 Å². The monoisotopic (exact) mass is 342 g/mol. The Morgan fingerprint density at radius 2 is 1.58 bits per heavy atom. The Morgan fingerprint density at radius 3 is 2.21 bits per heavy atom. The largest absolute Gasteiger partial charge is 0.457 e. The maximum absolute atomic E-state index is 11.6. The van der Waals surface area contributed by atoms with Gasteiger partial charge in [0.1, 0.15) is 11.5 Å². The Balaban J connectivity index is 1.80. The molecule has 0 bridgehead atoms. The fourth-order valence-electron chi connectivity index (χ4n) is 2.19. The SMILES string of the molecule is O=c1ccc(-c2ccc(Oc3ccc(Cl)cc3)cc2)nn1CCO. The van der Waals surface area contributed by atoms with Crippen molar-refractivity contribution in [2.24, 2.45) is 0 Å². The number of aromatic nitrogens is 2. The van der Waals surface area contributed by atoms with E-state index in [1.54, 1.807) is 30.3 Å². The Kier molecular flexibility index (Phi) is 4.93. The minimum Gasteiger partial charge on any atom is -0.457 e. The first kappa shape index (κ1) is 16.2. The van der Waals surface area contributed by atoms with Gasteiger partial charge in [0.2, 0.25) is 0 Å². The zero-order chi connectivity index (χ0) is 16.9. The Labute approximate surface area is 143 Å². The second-order valence-corrected chi connectivity index (χ2v) is 5.52. The average molecular weight is 343 g/mol. The van der Waals surface area contributed by atoms with Crippen LogP contribution in [0.2, 0.25) is 5.02 Å². The van der Waals surface area contributed by atoms with Crippen molar-refractivity contribution < 1.29 is 9.84 Å². The predicted octanol–water partition coefficient (Wildman–Crippen LogP) is 3.35. The Morgan fingerprint density at radius 1 is 0.958 bits per heavy atom. The molecule has 6 heteroatoms. The Bertz CT molecular complexity index is 874. The molecule has 24 heavy (non-hydrogen) atoms. The van der Waals surface area contributed by atoms with E-state index in [-0.39, 0.29) is 18.7 Å². The van der Waals surface area contributed by atoms with Crippen molar-refractivity contribution in [2.75, 3.05) is 6.61 Å². The third kappa shape index (κ3) is 3.82. The summed E-state index contributed by atoms with van der Waals surface area (Å²) in [5.41, 5.74) is 1.27. The van der Waals surface area contributed by atoms with Crippen molar-refractivity contribution >= 4 is 11.6 Å². The molecule has 1 heterocycles. The van der Waals surface area contributed by atoms with E-state index in [1.807, 2.05) is 24.3 Å². The van der Waals surface area contributed by atoms with Gasteiger partial charge in [-0.3, -0.25) is 4.79 Å². The lowest BCUT2D eigenvalue weighted by atomic mass is 10.1. The number of rotatable bonds is 5. The maximum Gasteiger partial charge on any atom is 0.266 e. The highest BCUT2D eigenvalue weighted by Gasteiger charge is 2.04. The van der Waals surface area contributed by atoms with Gasteiger partial charge >= 0.3 is 0 Å². The van der Waals surface area contributed by atoms with Gasteiger partial charge in [0.25, 0.3) is 5.56 Å². The molecule has 2 aromatic carbocycles. The summed E-state index contributed by atoms with van der Waals surface area (Å²) in [7, 11) is 0. The second-order valence-electron chi connectivity index (χ2n) is 5.08. The molecule has 0 spiro atoms. The van der Waals surface area contributed by atoms with Gasteiger partial charge in [-0.25, -0.2) is 4.68 Å². The van der Waals surface area contributed by atoms with Crippen LogP contribution in [-0.4, -0.2) is 21.5 Å². The molecule has 0 aliphatic rings. The summed E-state index contributed by atoms with van der Waals surface area (Å²) in [5.74, 6) is 1.38. The smallest absolute Gasteiger partial charge is 0.266 e. The third-order valence-electron chi connectivity index (χ3n) is 3.38. The minimum absolute atomic E-state index is 0.135. The molecule has 5 nitrogen and oxygen atoms in total. The van der Waals surface area contributed by atoms with Crippen LogP contribution >= 0.6 is 11.6 Å². The number of nitrogens with zero attached hydrogens (tertiary/aromatic N) is 2. The van der Waals surface area contributed by atoms with E-state index in [0.29, 0.717) is 22.2 Å². The highest BCUT2D eigenvalue weighted by molar-refractivity contribution is 6.30. The zero-order valence-corrected chi connectivity index (χ0v) is 13.5. The van der Waals surface area contributed by atoms with Gasteiger partial charge in [-0.2, -0.15) is 5.10 Å². The van der Waals surface area contributed by atoms with Crippen molar-refractivity contribution in [3.8, 4) is 22.8 Å². The molecule has 0 saturated heterocycles. The van der Waals surface area contributed by atoms with Crippen molar-refractivity contribution in [1.82, 2.24) is 9.78 Å². The average Bonchev–Trinajstić information content (AvgIpc) is 2.60. The van der Waals surface area contributed by atoms with Crippen LogP contribution in [0.15, 0.2) is 65.5 Å². The van der Waals surface area contributed by atoms with Gasteiger partial charge in [0.15, 0.2) is 0 Å². The lowest BCUT2D eigenvalue weighted by Gasteiger charge is -2.08. The molecule has 0 amide bonds. The molecule has 3 aromatic rings. The summed E-state index contributed by atoms with van der Waals surface area (Å²) >= 11 is 5.85. The number of halogens is 1. The predicted molar refractivity (Wildman–Crippen MR) is 92.5 cm³/mol. The molecular weight excluding hydrogens is 328 g/mol. The topological polar surface area (TPSA) is 64.3 Å². The Hall–Kier alpha value is -2.63. The van der Waals surface area contributed by atoms with Crippen molar-refractivity contribution in [2.45, 2.75) is 6.54 Å². The van der Waals surface area contributed by atoms with Crippen LogP contribution in [0.4, 0.5) is 0 Å². The van der Waals surface area contributed by atoms with E-state index in [1.165, 1.54) is 10.7 Å². The van der Waals surface area contributed by atoms with E-state index in [0.717, 1.165) is 5.56 Å². The van der Waals surface area contributed by atoms with Crippen LogP contribution in [0.3, 0.4) is 0 Å². The normalized spacial score (nSPS) is 10.6. The van der Waals surface area contributed by atoms with Crippen LogP contribution in [0.1, 0.15) is 0 Å². The second kappa shape index (κ2) is 7.29. The number of hydrogen-bond donors (Lipinski definition) is 1. The summed E-state index contributed by atoms with van der Waals surface area (Å²) in [5, 5.41) is 13.9. The molecule has 122 valence electrons. The quantitative estimate of drug-likeness (QED) is 0.772. The molecule has 0 aliphatic heterocycles. The standard InChI is InChI=1S/C18H15ClN2O3/c19-14-3-7-16(8-4-14)24-15-5-1-13(2-6-15)17-9-10-18(23)21(20-17)11-12-22/h1-10,22H,11-12H2. The molecule has 0 atom stereocenters. The number of ether oxygens (including phenoxy) is 1. The fourth-order valence-corrected chi connectivity index (χ4v) is 2.32. The van der Waals surface area contributed by atoms with Crippen molar-refractivity contribution in [1.29, 1.82) is 0 Å². The van der Waals surface area contributed by atoms with E-state index in [4.69, 9.17) is 21.4 Å². The van der Waals surface area contributed by atoms with Crippen LogP contribution in [-0.2, 0) is 6.54 Å². The molecule has 0 unspecified atom stereocenters. The molecular formula is C18H15ClN2O3. The summed E-state index contributed by atoms with van der Waals surface area (Å²) in [6.07, 6.45) is 0. The first-order chi connectivity index (χ1) is 11.7. The molecule has 1 aromatic heterocycles. The minimum atomic E-state index is -0.240. The van der Waals surface area contributed by atoms with Crippen LogP contribution in [0.5, 0.6) is 11.5 Å². The lowest BCUT2D eigenvalue weighted by Crippen LogP contribution is -2.23. The van der Waals surface area contributed by atoms with Crippen molar-refractivity contribution in [3.63, 3.8) is 0 Å². The number of benzene rings is 2. The number of aliphatic hydroxyl groups is 1. The van der Waals surface area contributed by atoms with E-state index in [2.05, 4.69) is 5.10 Å². The molecule has 0 fully saturated rings. The maximum atomic E-state index is 11.6. The summed E-state index contributed by atoms with van der Waals surface area (Å²) in [4.78, 5) is 11.6. The van der Waals surface area contributed by atoms with Gasteiger partial charge in [0.05, 0.1) is 18.8 Å². The fraction of sp³-hybridized carbons (Fsp3) is 0.111. The molecule has 0 saturated carbocycles. The summed E-state index contributed by atoms with van der Waals surface area (Å²) in [6.45, 7) is 0.0364. The first-order valence-corrected chi connectivity index (χ1v) is 7.76. The molecule has 1 N–H and O–H groups in total. The highest BCUT2D eigenvalue weighted by atomic mass is 35.5. The van der Waals surface area contributed by atoms with Gasteiger partial charge in [-0.1, -0.05) is 11.6 Å². The number of hydrogen-bond acceptors (Lipinski definition) is 4. The number of aliphatic hydroxyl groups excluding tert-OH is 1. The highest BCUT2D eigenvalue weighted by Crippen LogP contribution is 2.25. The van der Waals surface area contributed by atoms with E-state index in [9.17, 15) is 4.79 Å². The van der Waals surface area contributed by atoms with E-state index >= 15 is 0 Å². The van der Waals surface area contributed by atoms with Gasteiger partial charge in [0, 0.05) is 16.7 Å². The van der Waals surface area contributed by atoms with Crippen LogP contribution in [0, 0.1) is 0 Å². The molecule has 0 aliphatic carbocycles. The van der Waals surface area contributed by atoms with Crippen LogP contribution < -0.4 is 10.3 Å². The lowest BCUT2D eigenvalue weighted by molar-refractivity contribution is 0.266. The molecule has 3 rings (SSSR count). The third-order valence-corrected chi connectivity index (χ3v) is 3.63. The van der Waals surface area contributed by atoms with Gasteiger partial charge in [-0.15, -0.1) is 0 Å². The van der Waals surface area contributed by atoms with E-state index < -0.39 is 0 Å². The summed E-state index contributed by atoms with van der Waals surface area (Å²) < 4.78 is 6.98. The van der Waals surface area contributed by atoms with Gasteiger partial charge in [-0.05, 0) is 54.6 Å². The summed E-state index contributed by atoms with van der Waals surface area (Å²) in [6, 6.07) is 17.6. The molecule has 0 radical (unpaired) electrons. The van der Waals surface area contributed by atoms with Crippen LogP contribution in [0.25, 0.3) is 11.3 Å². The zero-order valence-electron chi connectivity index (χ0n) is 12.7. The first-order valence-electron chi connectivity index (χ1n) is 7.38.